The number of hydrogen-bond donors (Lipinski definition) is 1. The summed E-state index contributed by atoms with van der Waals surface area (Å²) in [7, 11) is 0. The molecule has 0 aliphatic rings. The Morgan fingerprint density at radius 2 is 0.967 bits per heavy atom. The first-order valence-corrected chi connectivity index (χ1v) is 7.70. The second-order valence-corrected chi connectivity index (χ2v) is 5.85. The number of Topliss-reactive ketones (excluding diaryl/α,β-unsaturated/α-hetero) is 1. The van der Waals surface area contributed by atoms with Crippen LogP contribution in [0.5, 0.6) is 0 Å². The number of ketones is 1. The monoisotopic (exact) mass is 452 g/mol. The van der Waals surface area contributed by atoms with Crippen molar-refractivity contribution in [3.05, 3.63) is 69.3 Å². The summed E-state index contributed by atoms with van der Waals surface area (Å²) in [4.78, 5) is 12.4. The van der Waals surface area contributed by atoms with Gasteiger partial charge in [0, 0.05) is 6.61 Å². The molecule has 2 nitrogen and oxygen atoms in total. The van der Waals surface area contributed by atoms with E-state index >= 15 is 4.39 Å². The molecule has 0 spiro atoms. The molecule has 1 unspecified atom stereocenters. The van der Waals surface area contributed by atoms with Crippen LogP contribution in [-0.4, -0.2) is 17.5 Å². The summed E-state index contributed by atoms with van der Waals surface area (Å²) in [5, 5.41) is 8.76. The van der Waals surface area contributed by atoms with Crippen LogP contribution < -0.4 is 0 Å². The lowest BCUT2D eigenvalue weighted by molar-refractivity contribution is 0.0588. The van der Waals surface area contributed by atoms with Gasteiger partial charge in [0.1, 0.15) is 0 Å². The first-order chi connectivity index (χ1) is 13.8. The number of aliphatic hydroxyl groups is 1. The van der Waals surface area contributed by atoms with Crippen molar-refractivity contribution in [2.24, 2.45) is 0 Å². The van der Waals surface area contributed by atoms with E-state index < -0.39 is 100 Å². The van der Waals surface area contributed by atoms with Crippen molar-refractivity contribution < 1.29 is 58.2 Å². The van der Waals surface area contributed by atoms with E-state index in [1.165, 1.54) is 0 Å². The number of alkyl halides is 1. The summed E-state index contributed by atoms with van der Waals surface area (Å²) in [6.07, 6.45) is -2.59. The van der Waals surface area contributed by atoms with Crippen LogP contribution in [0.15, 0.2) is 0 Å². The molecule has 2 rings (SSSR count). The second-order valence-electron chi connectivity index (χ2n) is 5.85. The molecular weight excluding hydrogens is 445 g/mol. The predicted molar refractivity (Wildman–Crippen MR) is 75.9 cm³/mol. The molecule has 0 saturated heterocycles. The summed E-state index contributed by atoms with van der Waals surface area (Å²) in [5.41, 5.74) is -9.53. The van der Waals surface area contributed by atoms with Gasteiger partial charge in [0.25, 0.3) is 0 Å². The fraction of sp³-hybridized carbons (Fsp3) is 0.235. The number of halogens is 11. The molecule has 0 aliphatic carbocycles. The molecule has 0 saturated carbocycles. The Hall–Kier alpha value is -2.70. The van der Waals surface area contributed by atoms with E-state index in [0.717, 1.165) is 0 Å². The van der Waals surface area contributed by atoms with E-state index in [0.29, 0.717) is 0 Å². The fourth-order valence-electron chi connectivity index (χ4n) is 2.63. The van der Waals surface area contributed by atoms with Crippen molar-refractivity contribution >= 4 is 5.78 Å². The lowest BCUT2D eigenvalue weighted by Gasteiger charge is -2.26. The first kappa shape index (κ1) is 23.6. The molecule has 164 valence electrons. The van der Waals surface area contributed by atoms with Gasteiger partial charge in [0.15, 0.2) is 46.5 Å². The summed E-state index contributed by atoms with van der Waals surface area (Å²) in [6, 6.07) is 0. The van der Waals surface area contributed by atoms with E-state index in [1.54, 1.807) is 0 Å². The van der Waals surface area contributed by atoms with Crippen LogP contribution in [-0.2, 0) is 5.67 Å². The van der Waals surface area contributed by atoms with Crippen molar-refractivity contribution in [3.8, 4) is 0 Å². The zero-order valence-electron chi connectivity index (χ0n) is 14.1. The van der Waals surface area contributed by atoms with Crippen molar-refractivity contribution in [1.29, 1.82) is 0 Å². The Labute approximate surface area is 159 Å². The number of carbonyl (C=O) groups is 1. The lowest BCUT2D eigenvalue weighted by Crippen LogP contribution is -2.36. The number of rotatable bonds is 6. The minimum Gasteiger partial charge on any atom is -0.396 e. The number of hydrogen-bond acceptors (Lipinski definition) is 2. The number of benzene rings is 2. The zero-order valence-corrected chi connectivity index (χ0v) is 14.1. The number of aliphatic hydroxyl groups excluding tert-OH is 1. The molecule has 1 atom stereocenters. The predicted octanol–water partition coefficient (Wildman–Crippen LogP) is 4.90. The molecule has 2 aromatic carbocycles. The van der Waals surface area contributed by atoms with Gasteiger partial charge in [-0.3, -0.25) is 4.79 Å². The maximum atomic E-state index is 15.5. The van der Waals surface area contributed by atoms with Crippen LogP contribution >= 0.6 is 0 Å². The molecule has 0 fully saturated rings. The van der Waals surface area contributed by atoms with Crippen LogP contribution in [0.2, 0.25) is 0 Å². The van der Waals surface area contributed by atoms with Crippen molar-refractivity contribution in [1.82, 2.24) is 0 Å². The van der Waals surface area contributed by atoms with E-state index in [9.17, 15) is 48.7 Å². The van der Waals surface area contributed by atoms with Crippen molar-refractivity contribution in [3.63, 3.8) is 0 Å². The highest BCUT2D eigenvalue weighted by Gasteiger charge is 2.50. The van der Waals surface area contributed by atoms with Crippen LogP contribution in [0.25, 0.3) is 0 Å². The minimum absolute atomic E-state index is 0.947. The average Bonchev–Trinajstić information content (AvgIpc) is 2.72. The largest absolute Gasteiger partial charge is 0.396 e. The van der Waals surface area contributed by atoms with Gasteiger partial charge in [0.05, 0.1) is 11.1 Å². The third-order valence-electron chi connectivity index (χ3n) is 4.08. The third kappa shape index (κ3) is 3.40. The standard InChI is InChI=1S/C17H7F11O2/c18-6-4(7(19)11(23)14(26)10(6)22)16(30)17(28,2-1-3-29)5-8(20)12(24)15(27)13(25)9(5)21/h29H,1-3H2. The summed E-state index contributed by atoms with van der Waals surface area (Å²) >= 11 is 0. The van der Waals surface area contributed by atoms with E-state index in [2.05, 4.69) is 0 Å². The maximum Gasteiger partial charge on any atom is 0.210 e. The average molecular weight is 452 g/mol. The highest BCUT2D eigenvalue weighted by Crippen LogP contribution is 2.41. The fourth-order valence-corrected chi connectivity index (χ4v) is 2.63. The molecule has 2 aromatic rings. The molecule has 0 amide bonds. The Kier molecular flexibility index (Phi) is 6.45. The van der Waals surface area contributed by atoms with E-state index in [-0.39, 0.29) is 0 Å². The van der Waals surface area contributed by atoms with Crippen LogP contribution in [0.3, 0.4) is 0 Å². The number of carbonyl (C=O) groups excluding carboxylic acids is 1. The van der Waals surface area contributed by atoms with Gasteiger partial charge in [-0.2, -0.15) is 0 Å². The van der Waals surface area contributed by atoms with Gasteiger partial charge in [-0.1, -0.05) is 0 Å². The summed E-state index contributed by atoms with van der Waals surface area (Å²) in [5.74, 6) is -30.9. The molecule has 0 heterocycles. The maximum absolute atomic E-state index is 15.5. The highest BCUT2D eigenvalue weighted by atomic mass is 19.2. The quantitative estimate of drug-likeness (QED) is 0.293. The van der Waals surface area contributed by atoms with E-state index in [1.807, 2.05) is 0 Å². The first-order valence-electron chi connectivity index (χ1n) is 7.70. The normalized spacial score (nSPS) is 13.5. The second kappa shape index (κ2) is 8.20. The molecular formula is C17H7F11O2. The van der Waals surface area contributed by atoms with Crippen molar-refractivity contribution in [2.45, 2.75) is 18.5 Å². The van der Waals surface area contributed by atoms with Gasteiger partial charge in [-0.15, -0.1) is 0 Å². The summed E-state index contributed by atoms with van der Waals surface area (Å²) < 4.78 is 151. The lowest BCUT2D eigenvalue weighted by atomic mass is 9.82. The van der Waals surface area contributed by atoms with Crippen LogP contribution in [0.1, 0.15) is 28.8 Å². The van der Waals surface area contributed by atoms with Gasteiger partial charge < -0.3 is 5.11 Å². The third-order valence-corrected chi connectivity index (χ3v) is 4.08. The van der Waals surface area contributed by atoms with Gasteiger partial charge >= 0.3 is 0 Å². The highest BCUT2D eigenvalue weighted by molar-refractivity contribution is 6.03. The van der Waals surface area contributed by atoms with Crippen molar-refractivity contribution in [2.75, 3.05) is 6.61 Å². The van der Waals surface area contributed by atoms with Gasteiger partial charge in [-0.25, -0.2) is 48.3 Å². The molecule has 13 heteroatoms. The van der Waals surface area contributed by atoms with Crippen LogP contribution in [0.4, 0.5) is 48.3 Å². The van der Waals surface area contributed by atoms with E-state index in [4.69, 9.17) is 5.11 Å². The zero-order chi connectivity index (χ0) is 23.1. The molecule has 1 N–H and O–H groups in total. The molecule has 0 bridgehead atoms. The molecule has 30 heavy (non-hydrogen) atoms. The van der Waals surface area contributed by atoms with Crippen LogP contribution in [0, 0.1) is 58.2 Å². The molecule has 0 aliphatic heterocycles. The van der Waals surface area contributed by atoms with Gasteiger partial charge in [-0.05, 0) is 12.8 Å². The Morgan fingerprint density at radius 1 is 0.633 bits per heavy atom. The Balaban J connectivity index is 2.91. The Bertz CT molecular complexity index is 979. The Morgan fingerprint density at radius 3 is 1.33 bits per heavy atom. The molecule has 0 aromatic heterocycles. The molecule has 0 radical (unpaired) electrons. The summed E-state index contributed by atoms with van der Waals surface area (Å²) in [6.45, 7) is -1.05. The topological polar surface area (TPSA) is 37.3 Å². The minimum atomic E-state index is -4.51. The smallest absolute Gasteiger partial charge is 0.210 e. The SMILES string of the molecule is O=C(c1c(F)c(F)c(F)c(F)c1F)C(F)(CCCO)c1c(F)c(F)c(F)c(F)c1F. The van der Waals surface area contributed by atoms with Gasteiger partial charge in [0.2, 0.25) is 23.1 Å².